The van der Waals surface area contributed by atoms with Crippen molar-refractivity contribution >= 4 is 17.5 Å². The minimum absolute atomic E-state index is 0.166. The standard InChI is InChI=1S/C21H20N4O3/c1-25-19(27)21(24-20(25)22,14-7-3-2-4-8-14)15-9-5-10-16(13-15)23-18(26)17-11-6-12-28-17/h2-13,20,24H,22H2,1H3,(H,23,26)/t20?,21-/m1/s1. The largest absolute Gasteiger partial charge is 0.459 e. The van der Waals surface area contributed by atoms with Gasteiger partial charge in [-0.05, 0) is 35.4 Å². The lowest BCUT2D eigenvalue weighted by atomic mass is 9.82. The first-order valence-corrected chi connectivity index (χ1v) is 8.84. The first-order valence-electron chi connectivity index (χ1n) is 8.84. The summed E-state index contributed by atoms with van der Waals surface area (Å²) in [5, 5.41) is 6.03. The van der Waals surface area contributed by atoms with E-state index < -0.39 is 11.8 Å². The van der Waals surface area contributed by atoms with Crippen LogP contribution in [0.25, 0.3) is 0 Å². The molecule has 1 fully saturated rings. The van der Waals surface area contributed by atoms with Crippen molar-refractivity contribution in [2.75, 3.05) is 12.4 Å². The first kappa shape index (κ1) is 18.0. The minimum atomic E-state index is -1.14. The van der Waals surface area contributed by atoms with E-state index in [9.17, 15) is 9.59 Å². The van der Waals surface area contributed by atoms with Gasteiger partial charge >= 0.3 is 0 Å². The highest BCUT2D eigenvalue weighted by Gasteiger charge is 2.51. The van der Waals surface area contributed by atoms with Crippen LogP contribution in [0.15, 0.2) is 77.4 Å². The van der Waals surface area contributed by atoms with Gasteiger partial charge in [-0.1, -0.05) is 42.5 Å². The van der Waals surface area contributed by atoms with Crippen LogP contribution in [-0.4, -0.2) is 30.1 Å². The number of anilines is 1. The quantitative estimate of drug-likeness (QED) is 0.647. The zero-order valence-corrected chi connectivity index (χ0v) is 15.3. The second-order valence-electron chi connectivity index (χ2n) is 6.63. The average Bonchev–Trinajstić information content (AvgIpc) is 3.33. The van der Waals surface area contributed by atoms with Crippen molar-refractivity contribution in [2.24, 2.45) is 5.73 Å². The number of benzene rings is 2. The number of nitrogens with two attached hydrogens (primary N) is 1. The van der Waals surface area contributed by atoms with Gasteiger partial charge in [-0.15, -0.1) is 0 Å². The lowest BCUT2D eigenvalue weighted by molar-refractivity contribution is -0.131. The molecule has 7 nitrogen and oxygen atoms in total. The molecule has 0 radical (unpaired) electrons. The van der Waals surface area contributed by atoms with Crippen molar-refractivity contribution in [1.82, 2.24) is 10.2 Å². The van der Waals surface area contributed by atoms with Crippen LogP contribution >= 0.6 is 0 Å². The van der Waals surface area contributed by atoms with E-state index >= 15 is 0 Å². The fraction of sp³-hybridized carbons (Fsp3) is 0.143. The highest BCUT2D eigenvalue weighted by atomic mass is 16.3. The summed E-state index contributed by atoms with van der Waals surface area (Å²) < 4.78 is 5.13. The van der Waals surface area contributed by atoms with Gasteiger partial charge in [0.25, 0.3) is 11.8 Å². The van der Waals surface area contributed by atoms with E-state index in [1.807, 2.05) is 36.4 Å². The lowest BCUT2D eigenvalue weighted by Crippen LogP contribution is -2.48. The second-order valence-corrected chi connectivity index (χ2v) is 6.63. The Bertz CT molecular complexity index is 1000. The van der Waals surface area contributed by atoms with Gasteiger partial charge in [0, 0.05) is 12.7 Å². The number of carbonyl (C=O) groups excluding carboxylic acids is 2. The van der Waals surface area contributed by atoms with Gasteiger partial charge in [-0.25, -0.2) is 0 Å². The average molecular weight is 376 g/mol. The van der Waals surface area contributed by atoms with Gasteiger partial charge in [-0.2, -0.15) is 0 Å². The number of amides is 2. The van der Waals surface area contributed by atoms with Crippen LogP contribution in [0.2, 0.25) is 0 Å². The van der Waals surface area contributed by atoms with Crippen LogP contribution < -0.4 is 16.4 Å². The second kappa shape index (κ2) is 6.95. The van der Waals surface area contributed by atoms with Crippen molar-refractivity contribution < 1.29 is 14.0 Å². The molecule has 0 aliphatic carbocycles. The third kappa shape index (κ3) is 2.87. The summed E-state index contributed by atoms with van der Waals surface area (Å²) in [5.74, 6) is -0.323. The van der Waals surface area contributed by atoms with Crippen molar-refractivity contribution in [3.05, 3.63) is 89.9 Å². The number of furan rings is 1. The third-order valence-corrected chi connectivity index (χ3v) is 4.93. The molecular weight excluding hydrogens is 356 g/mol. The van der Waals surface area contributed by atoms with Crippen molar-refractivity contribution in [3.63, 3.8) is 0 Å². The maximum Gasteiger partial charge on any atom is 0.291 e. The molecule has 4 rings (SSSR count). The first-order chi connectivity index (χ1) is 13.5. The van der Waals surface area contributed by atoms with E-state index in [4.69, 9.17) is 10.2 Å². The maximum absolute atomic E-state index is 13.2. The highest BCUT2D eigenvalue weighted by Crippen LogP contribution is 2.36. The van der Waals surface area contributed by atoms with E-state index in [0.29, 0.717) is 11.3 Å². The SMILES string of the molecule is CN1C(=O)[C@@](c2ccccc2)(c2cccc(NC(=O)c3ccco3)c2)NC1N. The van der Waals surface area contributed by atoms with E-state index in [2.05, 4.69) is 10.6 Å². The topological polar surface area (TPSA) is 101 Å². The Balaban J connectivity index is 1.76. The van der Waals surface area contributed by atoms with Crippen molar-refractivity contribution in [2.45, 2.75) is 11.8 Å². The number of carbonyl (C=O) groups is 2. The molecule has 0 saturated carbocycles. The molecule has 1 unspecified atom stereocenters. The van der Waals surface area contributed by atoms with Crippen LogP contribution in [0, 0.1) is 0 Å². The van der Waals surface area contributed by atoms with Gasteiger partial charge in [0.15, 0.2) is 11.3 Å². The molecule has 7 heteroatoms. The Labute approximate surface area is 162 Å². The summed E-state index contributed by atoms with van der Waals surface area (Å²) in [7, 11) is 1.66. The summed E-state index contributed by atoms with van der Waals surface area (Å²) in [6, 6.07) is 19.8. The van der Waals surface area contributed by atoms with E-state index in [1.54, 1.807) is 37.4 Å². The Morgan fingerprint density at radius 2 is 1.86 bits per heavy atom. The van der Waals surface area contributed by atoms with Gasteiger partial charge in [0.1, 0.15) is 6.29 Å². The number of nitrogens with one attached hydrogen (secondary N) is 2. The number of nitrogens with zero attached hydrogens (tertiary/aromatic N) is 1. The molecule has 1 aliphatic heterocycles. The van der Waals surface area contributed by atoms with E-state index in [-0.39, 0.29) is 17.6 Å². The fourth-order valence-electron chi connectivity index (χ4n) is 3.47. The molecule has 2 aromatic carbocycles. The monoisotopic (exact) mass is 376 g/mol. The molecule has 0 spiro atoms. The van der Waals surface area contributed by atoms with Crippen LogP contribution in [0.4, 0.5) is 5.69 Å². The zero-order valence-electron chi connectivity index (χ0n) is 15.3. The summed E-state index contributed by atoms with van der Waals surface area (Å²) >= 11 is 0. The molecule has 28 heavy (non-hydrogen) atoms. The van der Waals surface area contributed by atoms with E-state index in [1.165, 1.54) is 11.2 Å². The van der Waals surface area contributed by atoms with Gasteiger partial charge in [-0.3, -0.25) is 20.6 Å². The molecular formula is C21H20N4O3. The van der Waals surface area contributed by atoms with Crippen molar-refractivity contribution in [1.29, 1.82) is 0 Å². The van der Waals surface area contributed by atoms with Crippen LogP contribution in [0.3, 0.4) is 0 Å². The molecule has 142 valence electrons. The van der Waals surface area contributed by atoms with Gasteiger partial charge in [0.2, 0.25) is 0 Å². The highest BCUT2D eigenvalue weighted by molar-refractivity contribution is 6.02. The van der Waals surface area contributed by atoms with Crippen LogP contribution in [0.1, 0.15) is 21.7 Å². The normalized spacial score (nSPS) is 21.7. The zero-order chi connectivity index (χ0) is 19.7. The maximum atomic E-state index is 13.2. The van der Waals surface area contributed by atoms with Gasteiger partial charge < -0.3 is 14.6 Å². The summed E-state index contributed by atoms with van der Waals surface area (Å²) in [5.41, 5.74) is 6.98. The molecule has 3 aromatic rings. The number of likely N-dealkylation sites (N-methyl/N-ethyl adjacent to an activating group) is 1. The fourth-order valence-corrected chi connectivity index (χ4v) is 3.47. The Hall–Kier alpha value is -3.42. The smallest absolute Gasteiger partial charge is 0.291 e. The van der Waals surface area contributed by atoms with E-state index in [0.717, 1.165) is 5.56 Å². The Morgan fingerprint density at radius 3 is 2.50 bits per heavy atom. The van der Waals surface area contributed by atoms with Crippen LogP contribution in [-0.2, 0) is 10.3 Å². The predicted molar refractivity (Wildman–Crippen MR) is 104 cm³/mol. The Kier molecular flexibility index (Phi) is 4.46. The number of rotatable bonds is 4. The third-order valence-electron chi connectivity index (χ3n) is 4.93. The molecule has 4 N–H and O–H groups in total. The number of hydrogen-bond acceptors (Lipinski definition) is 5. The molecule has 1 saturated heterocycles. The summed E-state index contributed by atoms with van der Waals surface area (Å²) in [4.78, 5) is 27.0. The molecule has 2 heterocycles. The summed E-state index contributed by atoms with van der Waals surface area (Å²) in [6.45, 7) is 0. The predicted octanol–water partition coefficient (Wildman–Crippen LogP) is 2.08. The summed E-state index contributed by atoms with van der Waals surface area (Å²) in [6.07, 6.45) is 0.808. The molecule has 2 amide bonds. The molecule has 0 bridgehead atoms. The van der Waals surface area contributed by atoms with Crippen molar-refractivity contribution in [3.8, 4) is 0 Å². The Morgan fingerprint density at radius 1 is 1.11 bits per heavy atom. The van der Waals surface area contributed by atoms with Gasteiger partial charge in [0.05, 0.1) is 6.26 Å². The van der Waals surface area contributed by atoms with Crippen LogP contribution in [0.5, 0.6) is 0 Å². The molecule has 2 atom stereocenters. The molecule has 1 aromatic heterocycles. The lowest BCUT2D eigenvalue weighted by Gasteiger charge is -2.29. The molecule has 1 aliphatic rings. The number of hydrogen-bond donors (Lipinski definition) is 3. The minimum Gasteiger partial charge on any atom is -0.459 e.